The number of rotatable bonds is 2. The van der Waals surface area contributed by atoms with E-state index >= 15 is 0 Å². The van der Waals surface area contributed by atoms with Gasteiger partial charge in [0.15, 0.2) is 0 Å². The molecule has 0 spiro atoms. The zero-order valence-electron chi connectivity index (χ0n) is 4.45. The molecule has 0 unspecified atom stereocenters. The zero-order chi connectivity index (χ0) is 8.58. The van der Waals surface area contributed by atoms with Crippen LogP contribution in [-0.2, 0) is 9.13 Å². The van der Waals surface area contributed by atoms with Crippen molar-refractivity contribution in [1.29, 1.82) is 0 Å². The van der Waals surface area contributed by atoms with E-state index in [2.05, 4.69) is 0 Å². The van der Waals surface area contributed by atoms with Crippen molar-refractivity contribution < 1.29 is 33.8 Å². The lowest BCUT2D eigenvalue weighted by molar-refractivity contribution is 0.279. The molecule has 0 amide bonds. The maximum atomic E-state index is 9.89. The summed E-state index contributed by atoms with van der Waals surface area (Å²) in [5.41, 5.74) is -2.10. The summed E-state index contributed by atoms with van der Waals surface area (Å²) < 4.78 is 19.8. The summed E-state index contributed by atoms with van der Waals surface area (Å²) in [4.78, 5) is 31.8. The molecule has 0 saturated heterocycles. The average molecular weight is 191 g/mol. The van der Waals surface area contributed by atoms with Crippen LogP contribution in [0.5, 0.6) is 0 Å². The lowest BCUT2D eigenvalue weighted by Crippen LogP contribution is -1.97. The van der Waals surface area contributed by atoms with Crippen LogP contribution in [0.3, 0.4) is 0 Å². The topological polar surface area (TPSA) is 135 Å². The normalized spacial score (nSPS) is 14.2. The highest BCUT2D eigenvalue weighted by atomic mass is 31.2. The molecular weight excluding hydrogens is 186 g/mol. The number of hydrogen-bond acceptors (Lipinski definition) is 3. The van der Waals surface area contributed by atoms with Crippen molar-refractivity contribution in [1.82, 2.24) is 0 Å². The highest BCUT2D eigenvalue weighted by Crippen LogP contribution is 2.64. The molecular formula is CH5O7P2. The minimum atomic E-state index is -5.17. The maximum absolute atomic E-state index is 9.89. The van der Waals surface area contributed by atoms with E-state index in [1.807, 2.05) is 0 Å². The molecule has 0 aliphatic carbocycles. The van der Waals surface area contributed by atoms with Gasteiger partial charge in [0, 0.05) is 0 Å². The van der Waals surface area contributed by atoms with Gasteiger partial charge >= 0.3 is 20.8 Å². The smallest absolute Gasteiger partial charge is 0.364 e. The highest BCUT2D eigenvalue weighted by Gasteiger charge is 2.43. The van der Waals surface area contributed by atoms with Crippen LogP contribution in [0, 0.1) is 5.59 Å². The monoisotopic (exact) mass is 191 g/mol. The van der Waals surface area contributed by atoms with Gasteiger partial charge in [0.1, 0.15) is 0 Å². The van der Waals surface area contributed by atoms with Crippen LogP contribution in [0.15, 0.2) is 0 Å². The summed E-state index contributed by atoms with van der Waals surface area (Å²) in [7, 11) is -10.3. The van der Waals surface area contributed by atoms with Crippen LogP contribution in [0.25, 0.3) is 0 Å². The van der Waals surface area contributed by atoms with Gasteiger partial charge in [0.05, 0.1) is 0 Å². The van der Waals surface area contributed by atoms with Crippen molar-refractivity contribution >= 4 is 15.2 Å². The molecule has 61 valence electrons. The van der Waals surface area contributed by atoms with E-state index in [0.29, 0.717) is 0 Å². The number of hydrogen-bond donors (Lipinski definition) is 5. The fourth-order valence-corrected chi connectivity index (χ4v) is 1.53. The summed E-state index contributed by atoms with van der Waals surface area (Å²) in [5, 5.41) is 8.11. The Bertz CT molecular complexity index is 174. The quantitative estimate of drug-likeness (QED) is 0.359. The van der Waals surface area contributed by atoms with Crippen LogP contribution in [-0.4, -0.2) is 24.7 Å². The Morgan fingerprint density at radius 2 is 1.10 bits per heavy atom. The maximum Gasteiger partial charge on any atom is 0.374 e. The predicted octanol–water partition coefficient (Wildman–Crippen LogP) is -0.839. The molecule has 9 heteroatoms. The molecule has 0 heterocycles. The van der Waals surface area contributed by atoms with E-state index in [1.165, 1.54) is 0 Å². The zero-order valence-corrected chi connectivity index (χ0v) is 6.24. The van der Waals surface area contributed by atoms with E-state index in [-0.39, 0.29) is 0 Å². The first-order valence-corrected chi connectivity index (χ1v) is 5.06. The Labute approximate surface area is 55.6 Å². The second kappa shape index (κ2) is 2.71. The molecule has 0 aromatic heterocycles. The Morgan fingerprint density at radius 1 is 0.900 bits per heavy atom. The summed E-state index contributed by atoms with van der Waals surface area (Å²) in [6.07, 6.45) is 0. The summed E-state index contributed by atoms with van der Waals surface area (Å²) in [6.45, 7) is 0. The Kier molecular flexibility index (Phi) is 2.78. The van der Waals surface area contributed by atoms with Gasteiger partial charge in [-0.05, 0) is 0 Å². The Hall–Kier alpha value is 0.260. The fraction of sp³-hybridized carbons (Fsp3) is 0. The van der Waals surface area contributed by atoms with E-state index in [1.54, 1.807) is 0 Å². The third kappa shape index (κ3) is 2.90. The van der Waals surface area contributed by atoms with Crippen molar-refractivity contribution in [3.8, 4) is 0 Å². The van der Waals surface area contributed by atoms with E-state index in [4.69, 9.17) is 24.7 Å². The highest BCUT2D eigenvalue weighted by molar-refractivity contribution is 7.74. The van der Waals surface area contributed by atoms with Crippen LogP contribution >= 0.6 is 15.2 Å². The molecule has 1 radical (unpaired) electrons. The predicted molar refractivity (Wildman–Crippen MR) is 29.3 cm³/mol. The van der Waals surface area contributed by atoms with Crippen LogP contribution in [0.4, 0.5) is 0 Å². The molecule has 0 aromatic carbocycles. The lowest BCUT2D eigenvalue weighted by Gasteiger charge is -2.10. The van der Waals surface area contributed by atoms with Crippen LogP contribution in [0.2, 0.25) is 0 Å². The first kappa shape index (κ1) is 10.3. The fourth-order valence-electron chi connectivity index (χ4n) is 0.170. The first-order chi connectivity index (χ1) is 4.15. The van der Waals surface area contributed by atoms with E-state index < -0.39 is 20.8 Å². The molecule has 0 fully saturated rings. The molecule has 7 nitrogen and oxygen atoms in total. The molecule has 10 heavy (non-hydrogen) atoms. The van der Waals surface area contributed by atoms with Crippen LogP contribution < -0.4 is 0 Å². The van der Waals surface area contributed by atoms with E-state index in [9.17, 15) is 9.13 Å². The molecule has 0 atom stereocenters. The third-order valence-corrected chi connectivity index (χ3v) is 3.13. The van der Waals surface area contributed by atoms with Gasteiger partial charge in [-0.15, -0.1) is 0 Å². The average Bonchev–Trinajstić information content (AvgIpc) is 1.59. The minimum absolute atomic E-state index is 2.10. The molecule has 0 bridgehead atoms. The van der Waals surface area contributed by atoms with Crippen molar-refractivity contribution in [2.24, 2.45) is 0 Å². The number of aliphatic hydroxyl groups is 1. The second-order valence-corrected chi connectivity index (χ2v) is 4.76. The second-order valence-electron chi connectivity index (χ2n) is 1.39. The van der Waals surface area contributed by atoms with E-state index in [0.717, 1.165) is 0 Å². The summed E-state index contributed by atoms with van der Waals surface area (Å²) in [6, 6.07) is 0. The van der Waals surface area contributed by atoms with Gasteiger partial charge in [-0.1, -0.05) is 0 Å². The molecule has 0 aliphatic rings. The van der Waals surface area contributed by atoms with Gasteiger partial charge in [0.2, 0.25) is 0 Å². The Morgan fingerprint density at radius 3 is 1.10 bits per heavy atom. The molecule has 0 saturated carbocycles. The van der Waals surface area contributed by atoms with Gasteiger partial charge in [0.25, 0.3) is 0 Å². The molecule has 0 aliphatic heterocycles. The van der Waals surface area contributed by atoms with Crippen molar-refractivity contribution in [2.45, 2.75) is 0 Å². The SMILES string of the molecule is O=P(O)(O)[C](O)P(=O)(O)O. The Balaban J connectivity index is 4.56. The number of aliphatic hydroxyl groups excluding tert-OH is 1. The first-order valence-electron chi connectivity index (χ1n) is 1.84. The standard InChI is InChI=1S/CH5O7P2/c2-1(9(3,4)5)10(6,7)8/h2H,(H2,3,4,5)(H2,6,7,8). The summed E-state index contributed by atoms with van der Waals surface area (Å²) in [5.74, 6) is 0. The largest absolute Gasteiger partial charge is 0.374 e. The summed E-state index contributed by atoms with van der Waals surface area (Å²) >= 11 is 0. The van der Waals surface area contributed by atoms with Crippen molar-refractivity contribution in [3.05, 3.63) is 5.59 Å². The van der Waals surface area contributed by atoms with Gasteiger partial charge in [-0.3, -0.25) is 9.13 Å². The lowest BCUT2D eigenvalue weighted by atomic mass is 11.7. The van der Waals surface area contributed by atoms with Crippen LogP contribution in [0.1, 0.15) is 0 Å². The van der Waals surface area contributed by atoms with Gasteiger partial charge in [-0.2, -0.15) is 0 Å². The van der Waals surface area contributed by atoms with Crippen molar-refractivity contribution in [2.75, 3.05) is 0 Å². The minimum Gasteiger partial charge on any atom is -0.364 e. The third-order valence-electron chi connectivity index (χ3n) is 0.521. The van der Waals surface area contributed by atoms with Gasteiger partial charge in [-0.25, -0.2) is 0 Å². The molecule has 0 rings (SSSR count). The molecule has 5 N–H and O–H groups in total. The van der Waals surface area contributed by atoms with Gasteiger partial charge < -0.3 is 24.7 Å². The van der Waals surface area contributed by atoms with Crippen molar-refractivity contribution in [3.63, 3.8) is 0 Å². The molecule has 0 aromatic rings.